The summed E-state index contributed by atoms with van der Waals surface area (Å²) >= 11 is 2.97. The molecule has 12 heteroatoms. The van der Waals surface area contributed by atoms with Gasteiger partial charge >= 0.3 is 12.2 Å². The van der Waals surface area contributed by atoms with Gasteiger partial charge in [-0.1, -0.05) is 48.5 Å². The minimum Gasteiger partial charge on any atom is -0.442 e. The Morgan fingerprint density at radius 2 is 1.44 bits per heavy atom. The molecule has 10 nitrogen and oxygen atoms in total. The van der Waals surface area contributed by atoms with Crippen LogP contribution in [0.5, 0.6) is 0 Å². The molecule has 4 rings (SSSR count). The number of nitrogens with one attached hydrogen (secondary N) is 1. The second kappa shape index (κ2) is 14.1. The van der Waals surface area contributed by atoms with Gasteiger partial charge in [-0.2, -0.15) is 0 Å². The van der Waals surface area contributed by atoms with E-state index in [2.05, 4.69) is 15.3 Å². The fourth-order valence-electron chi connectivity index (χ4n) is 4.29. The zero-order valence-electron chi connectivity index (χ0n) is 25.0. The number of thiazole rings is 2. The van der Waals surface area contributed by atoms with Gasteiger partial charge in [-0.05, 0) is 56.9 Å². The van der Waals surface area contributed by atoms with Crippen molar-refractivity contribution >= 4 is 34.9 Å². The molecule has 0 saturated carbocycles. The van der Waals surface area contributed by atoms with Crippen molar-refractivity contribution in [3.63, 3.8) is 0 Å². The van der Waals surface area contributed by atoms with Crippen molar-refractivity contribution in [2.24, 2.45) is 0 Å². The Morgan fingerprint density at radius 1 is 0.907 bits per heavy atom. The lowest BCUT2D eigenvalue weighted by Gasteiger charge is -2.30. The number of aliphatic hydroxyl groups excluding tert-OH is 1. The first-order valence-corrected chi connectivity index (χ1v) is 15.4. The first kappa shape index (κ1) is 32.1. The number of methoxy groups -OCH3 is 1. The Morgan fingerprint density at radius 3 is 1.98 bits per heavy atom. The monoisotopic (exact) mass is 624 g/mol. The van der Waals surface area contributed by atoms with Crippen LogP contribution in [-0.2, 0) is 27.5 Å². The van der Waals surface area contributed by atoms with Crippen molar-refractivity contribution in [3.05, 3.63) is 82.1 Å². The molecule has 0 radical (unpaired) electrons. The molecule has 0 unspecified atom stereocenters. The van der Waals surface area contributed by atoms with Crippen molar-refractivity contribution in [1.82, 2.24) is 20.3 Å². The van der Waals surface area contributed by atoms with Crippen LogP contribution >= 0.6 is 22.7 Å². The molecule has 0 saturated heterocycles. The topological polar surface area (TPSA) is 123 Å². The van der Waals surface area contributed by atoms with Crippen molar-refractivity contribution in [2.75, 3.05) is 7.11 Å². The summed E-state index contributed by atoms with van der Waals surface area (Å²) in [5, 5.41) is 13.3. The van der Waals surface area contributed by atoms with Gasteiger partial charge in [0.1, 0.15) is 5.60 Å². The minimum atomic E-state index is -0.801. The maximum atomic E-state index is 13.2. The molecule has 2 amide bonds. The molecular formula is C31H36N4O6S2. The maximum absolute atomic E-state index is 13.2. The van der Waals surface area contributed by atoms with E-state index in [1.165, 1.54) is 22.7 Å². The molecule has 228 valence electrons. The number of carbonyl (C=O) groups excluding carboxylic acids is 2. The lowest BCUT2D eigenvalue weighted by atomic mass is 10.0. The third-order valence-electron chi connectivity index (χ3n) is 6.48. The molecule has 0 aliphatic rings. The molecule has 0 aliphatic heterocycles. The zero-order chi connectivity index (χ0) is 31.1. The molecule has 4 aromatic rings. The number of amides is 2. The predicted octanol–water partition coefficient (Wildman–Crippen LogP) is 7.27. The van der Waals surface area contributed by atoms with Gasteiger partial charge in [0.15, 0.2) is 0 Å². The number of hydrogen-bond acceptors (Lipinski definition) is 10. The number of aromatic nitrogens is 2. The van der Waals surface area contributed by atoms with Gasteiger partial charge in [-0.15, -0.1) is 27.7 Å². The Hall–Kier alpha value is -3.84. The zero-order valence-corrected chi connectivity index (χ0v) is 26.6. The van der Waals surface area contributed by atoms with Crippen LogP contribution in [0.4, 0.5) is 9.59 Å². The molecule has 0 bridgehead atoms. The van der Waals surface area contributed by atoms with Gasteiger partial charge < -0.3 is 24.7 Å². The molecule has 2 atom stereocenters. The fourth-order valence-corrected chi connectivity index (χ4v) is 5.90. The Balaban J connectivity index is 1.48. The number of aliphatic hydroxyl groups is 1. The number of ether oxygens (including phenoxy) is 2. The SMILES string of the molecule is COCc1ncsc1-c1ccc([C@H](C)N(OC(=O)N[C@@H](C)c2ccc(-c3scnc3CO)cc2)C(=O)OC(C)(C)C)cc1. The van der Waals surface area contributed by atoms with Crippen LogP contribution in [0, 0.1) is 0 Å². The van der Waals surface area contributed by atoms with Gasteiger partial charge in [0.25, 0.3) is 0 Å². The van der Waals surface area contributed by atoms with Crippen molar-refractivity contribution < 1.29 is 29.0 Å². The number of carbonyl (C=O) groups is 2. The molecule has 2 N–H and O–H groups in total. The van der Waals surface area contributed by atoms with E-state index in [1.807, 2.05) is 55.5 Å². The molecule has 0 fully saturated rings. The molecule has 0 aliphatic carbocycles. The van der Waals surface area contributed by atoms with Crippen molar-refractivity contribution in [1.29, 1.82) is 0 Å². The average Bonchev–Trinajstić information content (AvgIpc) is 3.65. The predicted molar refractivity (Wildman–Crippen MR) is 166 cm³/mol. The van der Waals surface area contributed by atoms with Gasteiger partial charge in [0, 0.05) is 7.11 Å². The second-order valence-electron chi connectivity index (χ2n) is 10.8. The van der Waals surface area contributed by atoms with E-state index in [0.29, 0.717) is 12.3 Å². The van der Waals surface area contributed by atoms with E-state index in [1.54, 1.807) is 45.8 Å². The summed E-state index contributed by atoms with van der Waals surface area (Å²) in [6, 6.07) is 14.2. The Labute approximate surface area is 259 Å². The third kappa shape index (κ3) is 8.17. The number of rotatable bonds is 9. The van der Waals surface area contributed by atoms with Gasteiger partial charge in [-0.3, -0.25) is 0 Å². The smallest absolute Gasteiger partial charge is 0.442 e. The summed E-state index contributed by atoms with van der Waals surface area (Å²) in [6.07, 6.45) is -1.59. The van der Waals surface area contributed by atoms with E-state index in [4.69, 9.17) is 14.3 Å². The first-order valence-electron chi connectivity index (χ1n) is 13.7. The van der Waals surface area contributed by atoms with E-state index >= 15 is 0 Å². The summed E-state index contributed by atoms with van der Waals surface area (Å²) in [6.45, 7) is 9.09. The fraction of sp³-hybridized carbons (Fsp3) is 0.355. The highest BCUT2D eigenvalue weighted by Crippen LogP contribution is 2.32. The third-order valence-corrected chi connectivity index (χ3v) is 8.32. The van der Waals surface area contributed by atoms with Crippen molar-refractivity contribution in [3.8, 4) is 20.9 Å². The van der Waals surface area contributed by atoms with E-state index in [0.717, 1.165) is 42.8 Å². The number of benzene rings is 2. The highest BCUT2D eigenvalue weighted by Gasteiger charge is 2.31. The van der Waals surface area contributed by atoms with E-state index in [-0.39, 0.29) is 6.61 Å². The summed E-state index contributed by atoms with van der Waals surface area (Å²) in [7, 11) is 1.63. The maximum Gasteiger partial charge on any atom is 0.444 e. The lowest BCUT2D eigenvalue weighted by molar-refractivity contribution is -0.123. The summed E-state index contributed by atoms with van der Waals surface area (Å²) in [4.78, 5) is 42.3. The molecule has 2 heterocycles. The molecule has 2 aromatic carbocycles. The quantitative estimate of drug-likeness (QED) is 0.186. The van der Waals surface area contributed by atoms with Crippen LogP contribution in [-0.4, -0.2) is 45.0 Å². The largest absolute Gasteiger partial charge is 0.444 e. The van der Waals surface area contributed by atoms with Gasteiger partial charge in [0.2, 0.25) is 0 Å². The molecule has 0 spiro atoms. The van der Waals surface area contributed by atoms with Crippen molar-refractivity contribution in [2.45, 2.75) is 65.5 Å². The van der Waals surface area contributed by atoms with Crippen LogP contribution < -0.4 is 5.32 Å². The summed E-state index contributed by atoms with van der Waals surface area (Å²) in [5.41, 5.74) is 7.62. The van der Waals surface area contributed by atoms with E-state index < -0.39 is 29.9 Å². The summed E-state index contributed by atoms with van der Waals surface area (Å²) in [5.74, 6) is 0. The molecular weight excluding hydrogens is 588 g/mol. The lowest BCUT2D eigenvalue weighted by Crippen LogP contribution is -2.42. The standard InChI is InChI=1S/C31H36N4O6S2/c1-19(21-7-11-23(12-8-21)27-25(15-36)32-17-42-27)34-29(37)41-35(30(38)40-31(3,4)5)20(2)22-9-13-24(14-10-22)28-26(16-39-6)33-18-43-28/h7-14,17-20,36H,15-16H2,1-6H3,(H,34,37)/t19-,20-/m0/s1. The van der Waals surface area contributed by atoms with Crippen LogP contribution in [0.25, 0.3) is 20.9 Å². The molecule has 2 aromatic heterocycles. The number of nitrogens with zero attached hydrogens (tertiary/aromatic N) is 3. The minimum absolute atomic E-state index is 0.136. The summed E-state index contributed by atoms with van der Waals surface area (Å²) < 4.78 is 10.8. The second-order valence-corrected chi connectivity index (χ2v) is 12.5. The normalized spacial score (nSPS) is 12.8. The van der Waals surface area contributed by atoms with Crippen LogP contribution in [0.2, 0.25) is 0 Å². The van der Waals surface area contributed by atoms with Crippen LogP contribution in [0.15, 0.2) is 59.6 Å². The number of hydrogen-bond donors (Lipinski definition) is 2. The van der Waals surface area contributed by atoms with Gasteiger partial charge in [-0.25, -0.2) is 19.6 Å². The Bertz CT molecular complexity index is 1510. The van der Waals surface area contributed by atoms with E-state index in [9.17, 15) is 14.7 Å². The van der Waals surface area contributed by atoms with Crippen LogP contribution in [0.3, 0.4) is 0 Å². The molecule has 43 heavy (non-hydrogen) atoms. The highest BCUT2D eigenvalue weighted by molar-refractivity contribution is 7.13. The average molecular weight is 625 g/mol. The highest BCUT2D eigenvalue weighted by atomic mass is 32.1. The van der Waals surface area contributed by atoms with Crippen LogP contribution in [0.1, 0.15) is 69.2 Å². The van der Waals surface area contributed by atoms with Gasteiger partial charge in [0.05, 0.1) is 57.5 Å². The Kier molecular flexibility index (Phi) is 10.5. The number of hydroxylamine groups is 2. The first-order chi connectivity index (χ1) is 20.5.